The normalized spacial score (nSPS) is 28.6. The highest BCUT2D eigenvalue weighted by Gasteiger charge is 2.23. The van der Waals surface area contributed by atoms with E-state index in [-0.39, 0.29) is 0 Å². The fourth-order valence-electron chi connectivity index (χ4n) is 1.64. The van der Waals surface area contributed by atoms with E-state index in [9.17, 15) is 0 Å². The molecule has 1 saturated heterocycles. The molecule has 1 aliphatic heterocycles. The first kappa shape index (κ1) is 11.0. The molecule has 13 heavy (non-hydrogen) atoms. The SMILES string of the molecule is CC(C)CNCC1CCC(CN)O1. The minimum atomic E-state index is 0.311. The van der Waals surface area contributed by atoms with E-state index in [1.807, 2.05) is 0 Å². The monoisotopic (exact) mass is 186 g/mol. The van der Waals surface area contributed by atoms with Gasteiger partial charge in [-0.2, -0.15) is 0 Å². The Kier molecular flexibility index (Phi) is 4.70. The van der Waals surface area contributed by atoms with Gasteiger partial charge < -0.3 is 15.8 Å². The lowest BCUT2D eigenvalue weighted by molar-refractivity contribution is 0.0502. The molecule has 0 radical (unpaired) electrons. The van der Waals surface area contributed by atoms with Crippen molar-refractivity contribution in [3.8, 4) is 0 Å². The molecule has 3 nitrogen and oxygen atoms in total. The van der Waals surface area contributed by atoms with Crippen molar-refractivity contribution in [2.45, 2.75) is 38.9 Å². The molecule has 1 rings (SSSR count). The zero-order valence-corrected chi connectivity index (χ0v) is 8.75. The van der Waals surface area contributed by atoms with Gasteiger partial charge in [-0.05, 0) is 25.3 Å². The van der Waals surface area contributed by atoms with Crippen LogP contribution in [-0.4, -0.2) is 31.8 Å². The highest BCUT2D eigenvalue weighted by Crippen LogP contribution is 2.17. The second-order valence-electron chi connectivity index (χ2n) is 4.25. The van der Waals surface area contributed by atoms with Gasteiger partial charge in [0.2, 0.25) is 0 Å². The fourth-order valence-corrected chi connectivity index (χ4v) is 1.64. The van der Waals surface area contributed by atoms with Gasteiger partial charge in [-0.3, -0.25) is 0 Å². The number of ether oxygens (including phenoxy) is 1. The molecule has 1 heterocycles. The van der Waals surface area contributed by atoms with Crippen LogP contribution in [0.4, 0.5) is 0 Å². The lowest BCUT2D eigenvalue weighted by Gasteiger charge is -2.14. The molecule has 0 aliphatic carbocycles. The van der Waals surface area contributed by atoms with E-state index in [4.69, 9.17) is 10.5 Å². The maximum atomic E-state index is 5.70. The van der Waals surface area contributed by atoms with Gasteiger partial charge in [-0.15, -0.1) is 0 Å². The second-order valence-corrected chi connectivity index (χ2v) is 4.25. The minimum absolute atomic E-state index is 0.311. The van der Waals surface area contributed by atoms with Crippen LogP contribution >= 0.6 is 0 Å². The summed E-state index contributed by atoms with van der Waals surface area (Å²) in [5.74, 6) is 0.715. The summed E-state index contributed by atoms with van der Waals surface area (Å²) in [6.45, 7) is 7.15. The Bertz CT molecular complexity index is 139. The molecule has 1 fully saturated rings. The lowest BCUT2D eigenvalue weighted by atomic mass is 10.2. The lowest BCUT2D eigenvalue weighted by Crippen LogP contribution is -2.30. The smallest absolute Gasteiger partial charge is 0.0704 e. The zero-order chi connectivity index (χ0) is 9.68. The predicted octanol–water partition coefficient (Wildman–Crippen LogP) is 0.738. The van der Waals surface area contributed by atoms with Gasteiger partial charge in [0.1, 0.15) is 0 Å². The Morgan fingerprint density at radius 2 is 2.08 bits per heavy atom. The molecule has 3 N–H and O–H groups in total. The number of hydrogen-bond donors (Lipinski definition) is 2. The van der Waals surface area contributed by atoms with Gasteiger partial charge in [-0.1, -0.05) is 13.8 Å². The highest BCUT2D eigenvalue weighted by atomic mass is 16.5. The summed E-state index contributed by atoms with van der Waals surface area (Å²) >= 11 is 0. The van der Waals surface area contributed by atoms with Crippen molar-refractivity contribution in [1.29, 1.82) is 0 Å². The summed E-state index contributed by atoms with van der Waals surface area (Å²) in [5, 5.41) is 3.41. The Balaban J connectivity index is 2.03. The Labute approximate surface area is 81.0 Å². The van der Waals surface area contributed by atoms with E-state index >= 15 is 0 Å². The van der Waals surface area contributed by atoms with Gasteiger partial charge in [0.15, 0.2) is 0 Å². The third-order valence-corrected chi connectivity index (χ3v) is 2.38. The van der Waals surface area contributed by atoms with E-state index in [0.717, 1.165) is 25.9 Å². The standard InChI is InChI=1S/C10H22N2O/c1-8(2)6-12-7-10-4-3-9(5-11)13-10/h8-10,12H,3-7,11H2,1-2H3. The molecule has 1 aliphatic rings. The predicted molar refractivity (Wildman–Crippen MR) is 54.7 cm³/mol. The van der Waals surface area contributed by atoms with Crippen molar-refractivity contribution >= 4 is 0 Å². The van der Waals surface area contributed by atoms with Crippen molar-refractivity contribution in [2.75, 3.05) is 19.6 Å². The van der Waals surface area contributed by atoms with Crippen molar-refractivity contribution in [3.63, 3.8) is 0 Å². The van der Waals surface area contributed by atoms with E-state index in [1.54, 1.807) is 0 Å². The molecule has 0 bridgehead atoms. The first-order valence-electron chi connectivity index (χ1n) is 5.28. The molecule has 0 aromatic rings. The first-order valence-corrected chi connectivity index (χ1v) is 5.28. The topological polar surface area (TPSA) is 47.3 Å². The third-order valence-electron chi connectivity index (χ3n) is 2.38. The Hall–Kier alpha value is -0.120. The summed E-state index contributed by atoms with van der Waals surface area (Å²) < 4.78 is 5.70. The quantitative estimate of drug-likeness (QED) is 0.665. The van der Waals surface area contributed by atoms with Crippen LogP contribution in [0, 0.1) is 5.92 Å². The van der Waals surface area contributed by atoms with Gasteiger partial charge >= 0.3 is 0 Å². The number of nitrogens with two attached hydrogens (primary N) is 1. The largest absolute Gasteiger partial charge is 0.372 e. The van der Waals surface area contributed by atoms with Gasteiger partial charge in [0.25, 0.3) is 0 Å². The van der Waals surface area contributed by atoms with E-state index < -0.39 is 0 Å². The van der Waals surface area contributed by atoms with E-state index in [2.05, 4.69) is 19.2 Å². The summed E-state index contributed by atoms with van der Waals surface area (Å²) in [6.07, 6.45) is 3.00. The van der Waals surface area contributed by atoms with Crippen LogP contribution in [0.3, 0.4) is 0 Å². The van der Waals surface area contributed by atoms with Gasteiger partial charge in [0.05, 0.1) is 12.2 Å². The molecule has 0 amide bonds. The number of hydrogen-bond acceptors (Lipinski definition) is 3. The summed E-state index contributed by atoms with van der Waals surface area (Å²) in [5.41, 5.74) is 5.53. The highest BCUT2D eigenvalue weighted by molar-refractivity contribution is 4.75. The summed E-state index contributed by atoms with van der Waals surface area (Å²) in [6, 6.07) is 0. The third kappa shape index (κ3) is 4.07. The van der Waals surface area contributed by atoms with Crippen molar-refractivity contribution in [3.05, 3.63) is 0 Å². The maximum absolute atomic E-state index is 5.70. The molecule has 2 unspecified atom stereocenters. The molecule has 0 spiro atoms. The van der Waals surface area contributed by atoms with Crippen LogP contribution in [0.2, 0.25) is 0 Å². The van der Waals surface area contributed by atoms with Crippen LogP contribution in [0.25, 0.3) is 0 Å². The van der Waals surface area contributed by atoms with Crippen LogP contribution in [-0.2, 0) is 4.74 Å². The summed E-state index contributed by atoms with van der Waals surface area (Å²) in [7, 11) is 0. The van der Waals surface area contributed by atoms with Crippen LogP contribution in [0.5, 0.6) is 0 Å². The van der Waals surface area contributed by atoms with Crippen LogP contribution in [0.15, 0.2) is 0 Å². The zero-order valence-electron chi connectivity index (χ0n) is 8.75. The van der Waals surface area contributed by atoms with E-state index in [1.165, 1.54) is 0 Å². The number of rotatable bonds is 5. The van der Waals surface area contributed by atoms with Gasteiger partial charge in [-0.25, -0.2) is 0 Å². The average molecular weight is 186 g/mol. The molecular formula is C10H22N2O. The summed E-state index contributed by atoms with van der Waals surface area (Å²) in [4.78, 5) is 0. The maximum Gasteiger partial charge on any atom is 0.0704 e. The minimum Gasteiger partial charge on any atom is -0.372 e. The fraction of sp³-hybridized carbons (Fsp3) is 1.00. The molecular weight excluding hydrogens is 164 g/mol. The van der Waals surface area contributed by atoms with Crippen LogP contribution < -0.4 is 11.1 Å². The van der Waals surface area contributed by atoms with Crippen molar-refractivity contribution in [1.82, 2.24) is 5.32 Å². The van der Waals surface area contributed by atoms with Crippen LogP contribution in [0.1, 0.15) is 26.7 Å². The molecule has 0 aromatic heterocycles. The second kappa shape index (κ2) is 5.58. The Morgan fingerprint density at radius 1 is 1.38 bits per heavy atom. The molecule has 0 aromatic carbocycles. The Morgan fingerprint density at radius 3 is 2.62 bits per heavy atom. The first-order chi connectivity index (χ1) is 6.22. The van der Waals surface area contributed by atoms with E-state index in [0.29, 0.717) is 24.7 Å². The molecule has 3 heteroatoms. The van der Waals surface area contributed by atoms with Gasteiger partial charge in [0, 0.05) is 13.1 Å². The van der Waals surface area contributed by atoms with Crippen molar-refractivity contribution < 1.29 is 4.74 Å². The number of nitrogens with one attached hydrogen (secondary N) is 1. The molecule has 0 saturated carbocycles. The van der Waals surface area contributed by atoms with Crippen molar-refractivity contribution in [2.24, 2.45) is 11.7 Å². The molecule has 2 atom stereocenters. The molecule has 78 valence electrons. The average Bonchev–Trinajstić information content (AvgIpc) is 2.52.